The third-order valence-electron chi connectivity index (χ3n) is 2.11. The zero-order valence-corrected chi connectivity index (χ0v) is 8.25. The summed E-state index contributed by atoms with van der Waals surface area (Å²) in [5.74, 6) is 0.405. The molecule has 2 N–H and O–H groups in total. The highest BCUT2D eigenvalue weighted by atomic mass is 16.3. The lowest BCUT2D eigenvalue weighted by molar-refractivity contribution is -0.0528. The zero-order valence-electron chi connectivity index (χ0n) is 8.25. The van der Waals surface area contributed by atoms with Gasteiger partial charge in [0.25, 0.3) is 0 Å². The molecule has 0 aromatic carbocycles. The topological polar surface area (TPSA) is 40.5 Å². The predicted octanol–water partition coefficient (Wildman–Crippen LogP) is 1.72. The molecule has 0 aliphatic heterocycles. The Kier molecular flexibility index (Phi) is 4.50. The monoisotopic (exact) mass is 172 g/mol. The standard InChI is InChI=1S/C10H20O2/c1-5-8(2)6-7-9(11)10(3,4)12/h5,8-9,11-12H,1,6-7H2,2-4H3/t8-,9?/m0/s1. The Morgan fingerprint density at radius 3 is 2.25 bits per heavy atom. The predicted molar refractivity (Wildman–Crippen MR) is 50.9 cm³/mol. The first-order valence-corrected chi connectivity index (χ1v) is 4.41. The fourth-order valence-corrected chi connectivity index (χ4v) is 0.892. The lowest BCUT2D eigenvalue weighted by Gasteiger charge is -2.24. The summed E-state index contributed by atoms with van der Waals surface area (Å²) >= 11 is 0. The van der Waals surface area contributed by atoms with Crippen LogP contribution in [0.5, 0.6) is 0 Å². The van der Waals surface area contributed by atoms with Crippen LogP contribution in [0, 0.1) is 5.92 Å². The van der Waals surface area contributed by atoms with Crippen LogP contribution in [0.2, 0.25) is 0 Å². The Balaban J connectivity index is 3.71. The van der Waals surface area contributed by atoms with Crippen molar-refractivity contribution < 1.29 is 10.2 Å². The second-order valence-electron chi connectivity index (χ2n) is 3.96. The minimum atomic E-state index is -0.985. The second-order valence-corrected chi connectivity index (χ2v) is 3.96. The molecule has 72 valence electrons. The SMILES string of the molecule is C=C[C@H](C)CCC(O)C(C)(C)O. The van der Waals surface area contributed by atoms with Gasteiger partial charge in [0, 0.05) is 0 Å². The minimum Gasteiger partial charge on any atom is -0.390 e. The van der Waals surface area contributed by atoms with Crippen LogP contribution in [0.25, 0.3) is 0 Å². The van der Waals surface area contributed by atoms with Gasteiger partial charge in [-0.25, -0.2) is 0 Å². The van der Waals surface area contributed by atoms with Crippen LogP contribution in [0.1, 0.15) is 33.6 Å². The Hall–Kier alpha value is -0.340. The van der Waals surface area contributed by atoms with Crippen molar-refractivity contribution in [2.24, 2.45) is 5.92 Å². The van der Waals surface area contributed by atoms with E-state index in [9.17, 15) is 10.2 Å². The molecule has 0 aliphatic rings. The third-order valence-corrected chi connectivity index (χ3v) is 2.11. The van der Waals surface area contributed by atoms with Gasteiger partial charge in [0.05, 0.1) is 11.7 Å². The van der Waals surface area contributed by atoms with Crippen molar-refractivity contribution in [3.05, 3.63) is 12.7 Å². The highest BCUT2D eigenvalue weighted by Gasteiger charge is 2.23. The van der Waals surface area contributed by atoms with Gasteiger partial charge in [-0.05, 0) is 32.6 Å². The molecule has 0 aliphatic carbocycles. The molecule has 0 saturated carbocycles. The summed E-state index contributed by atoms with van der Waals surface area (Å²) in [6.45, 7) is 8.94. The lowest BCUT2D eigenvalue weighted by atomic mass is 9.94. The van der Waals surface area contributed by atoms with Gasteiger partial charge in [-0.1, -0.05) is 13.0 Å². The van der Waals surface area contributed by atoms with Crippen LogP contribution >= 0.6 is 0 Å². The fourth-order valence-electron chi connectivity index (χ4n) is 0.892. The molecule has 12 heavy (non-hydrogen) atoms. The van der Waals surface area contributed by atoms with E-state index in [4.69, 9.17) is 0 Å². The van der Waals surface area contributed by atoms with E-state index >= 15 is 0 Å². The number of hydrogen-bond donors (Lipinski definition) is 2. The Morgan fingerprint density at radius 1 is 1.42 bits per heavy atom. The summed E-state index contributed by atoms with van der Waals surface area (Å²) in [5.41, 5.74) is -0.985. The first-order valence-electron chi connectivity index (χ1n) is 4.41. The molecule has 1 unspecified atom stereocenters. The molecule has 2 atom stereocenters. The maximum Gasteiger partial charge on any atom is 0.0849 e. The number of hydrogen-bond acceptors (Lipinski definition) is 2. The quantitative estimate of drug-likeness (QED) is 0.620. The van der Waals surface area contributed by atoms with Crippen molar-refractivity contribution in [3.8, 4) is 0 Å². The van der Waals surface area contributed by atoms with E-state index in [2.05, 4.69) is 6.58 Å². The molecule has 0 rings (SSSR count). The molecule has 0 spiro atoms. The minimum absolute atomic E-state index is 0.405. The average molecular weight is 172 g/mol. The molecule has 0 saturated heterocycles. The molecule has 0 amide bonds. The lowest BCUT2D eigenvalue weighted by Crippen LogP contribution is -2.35. The maximum atomic E-state index is 9.45. The Bertz CT molecular complexity index is 135. The van der Waals surface area contributed by atoms with Gasteiger partial charge in [-0.2, -0.15) is 0 Å². The van der Waals surface area contributed by atoms with Gasteiger partial charge in [-0.3, -0.25) is 0 Å². The molecule has 2 nitrogen and oxygen atoms in total. The molecule has 0 radical (unpaired) electrons. The van der Waals surface area contributed by atoms with E-state index in [1.165, 1.54) is 0 Å². The van der Waals surface area contributed by atoms with Crippen molar-refractivity contribution in [2.75, 3.05) is 0 Å². The Morgan fingerprint density at radius 2 is 1.92 bits per heavy atom. The van der Waals surface area contributed by atoms with Crippen LogP contribution in [0.3, 0.4) is 0 Å². The zero-order chi connectivity index (χ0) is 9.78. The first-order chi connectivity index (χ1) is 5.38. The molecule has 0 bridgehead atoms. The fraction of sp³-hybridized carbons (Fsp3) is 0.800. The van der Waals surface area contributed by atoms with E-state index in [1.54, 1.807) is 13.8 Å². The van der Waals surface area contributed by atoms with Crippen LogP contribution in [0.15, 0.2) is 12.7 Å². The maximum absolute atomic E-state index is 9.45. The van der Waals surface area contributed by atoms with Crippen LogP contribution in [-0.4, -0.2) is 21.9 Å². The molecular formula is C10H20O2. The van der Waals surface area contributed by atoms with E-state index < -0.39 is 11.7 Å². The van der Waals surface area contributed by atoms with Crippen molar-refractivity contribution in [1.82, 2.24) is 0 Å². The van der Waals surface area contributed by atoms with Crippen LogP contribution < -0.4 is 0 Å². The number of aliphatic hydroxyl groups is 2. The summed E-state index contributed by atoms with van der Waals surface area (Å²) in [6, 6.07) is 0. The highest BCUT2D eigenvalue weighted by molar-refractivity contribution is 4.80. The van der Waals surface area contributed by atoms with Gasteiger partial charge in [-0.15, -0.1) is 6.58 Å². The van der Waals surface area contributed by atoms with Gasteiger partial charge in [0.1, 0.15) is 0 Å². The number of aliphatic hydroxyl groups excluding tert-OH is 1. The first kappa shape index (κ1) is 11.7. The van der Waals surface area contributed by atoms with E-state index in [1.807, 2.05) is 13.0 Å². The second kappa shape index (κ2) is 4.63. The summed E-state index contributed by atoms with van der Waals surface area (Å²) in [4.78, 5) is 0. The highest BCUT2D eigenvalue weighted by Crippen LogP contribution is 2.16. The van der Waals surface area contributed by atoms with Crippen molar-refractivity contribution in [2.45, 2.75) is 45.3 Å². The van der Waals surface area contributed by atoms with Crippen molar-refractivity contribution >= 4 is 0 Å². The van der Waals surface area contributed by atoms with Crippen LogP contribution in [0.4, 0.5) is 0 Å². The number of allylic oxidation sites excluding steroid dienone is 1. The largest absolute Gasteiger partial charge is 0.390 e. The van der Waals surface area contributed by atoms with Crippen molar-refractivity contribution in [1.29, 1.82) is 0 Å². The van der Waals surface area contributed by atoms with Crippen molar-refractivity contribution in [3.63, 3.8) is 0 Å². The molecule has 0 aromatic heterocycles. The molecular weight excluding hydrogens is 152 g/mol. The van der Waals surface area contributed by atoms with Crippen LogP contribution in [-0.2, 0) is 0 Å². The van der Waals surface area contributed by atoms with E-state index in [0.717, 1.165) is 6.42 Å². The summed E-state index contributed by atoms with van der Waals surface area (Å²) in [5, 5.41) is 18.8. The Labute approximate surface area is 74.9 Å². The number of rotatable bonds is 5. The average Bonchev–Trinajstić information content (AvgIpc) is 1.97. The van der Waals surface area contributed by atoms with E-state index in [0.29, 0.717) is 12.3 Å². The molecule has 0 aromatic rings. The van der Waals surface area contributed by atoms with E-state index in [-0.39, 0.29) is 0 Å². The van der Waals surface area contributed by atoms with Gasteiger partial charge in [0.15, 0.2) is 0 Å². The smallest absolute Gasteiger partial charge is 0.0849 e. The molecule has 0 fully saturated rings. The summed E-state index contributed by atoms with van der Waals surface area (Å²) < 4.78 is 0. The van der Waals surface area contributed by atoms with Gasteiger partial charge >= 0.3 is 0 Å². The summed E-state index contributed by atoms with van der Waals surface area (Å²) in [6.07, 6.45) is 2.71. The normalized spacial score (nSPS) is 17.1. The van der Waals surface area contributed by atoms with Gasteiger partial charge < -0.3 is 10.2 Å². The molecule has 2 heteroatoms. The summed E-state index contributed by atoms with van der Waals surface area (Å²) in [7, 11) is 0. The molecule has 0 heterocycles. The van der Waals surface area contributed by atoms with Gasteiger partial charge in [0.2, 0.25) is 0 Å². The third kappa shape index (κ3) is 4.52.